The second-order valence-electron chi connectivity index (χ2n) is 5.71. The molecule has 0 spiro atoms. The van der Waals surface area contributed by atoms with Crippen molar-refractivity contribution in [2.45, 2.75) is 30.7 Å². The summed E-state index contributed by atoms with van der Waals surface area (Å²) in [5, 5.41) is 34.2. The van der Waals surface area contributed by atoms with Crippen molar-refractivity contribution in [1.82, 2.24) is 10.6 Å². The number of ether oxygens (including phenoxy) is 2. The zero-order valence-corrected chi connectivity index (χ0v) is 12.4. The number of amides is 1. The lowest BCUT2D eigenvalue weighted by Gasteiger charge is -2.16. The van der Waals surface area contributed by atoms with Gasteiger partial charge in [0, 0.05) is 6.54 Å². The SMILES string of the molecule is O=C(Cc1ccc2c(c1)OCO2)NC[C@@H]1N[C@H](CO)[C@H](O)[C@@H]1O. The van der Waals surface area contributed by atoms with Crippen LogP contribution in [0, 0.1) is 0 Å². The number of aliphatic hydroxyl groups is 3. The Morgan fingerprint density at radius 1 is 1.22 bits per heavy atom. The summed E-state index contributed by atoms with van der Waals surface area (Å²) in [7, 11) is 0. The molecule has 0 radical (unpaired) electrons. The molecule has 8 heteroatoms. The van der Waals surface area contributed by atoms with Crippen molar-refractivity contribution >= 4 is 5.91 Å². The van der Waals surface area contributed by atoms with Gasteiger partial charge in [-0.05, 0) is 17.7 Å². The number of fused-ring (bicyclic) bond motifs is 1. The Kier molecular flexibility index (Phi) is 4.67. The van der Waals surface area contributed by atoms with Crippen molar-refractivity contribution in [1.29, 1.82) is 0 Å². The molecule has 1 amide bonds. The first-order valence-corrected chi connectivity index (χ1v) is 7.46. The van der Waals surface area contributed by atoms with Gasteiger partial charge in [0.05, 0.1) is 37.3 Å². The predicted molar refractivity (Wildman–Crippen MR) is 79.1 cm³/mol. The van der Waals surface area contributed by atoms with Gasteiger partial charge in [0.25, 0.3) is 0 Å². The highest BCUT2D eigenvalue weighted by molar-refractivity contribution is 5.78. The van der Waals surface area contributed by atoms with Gasteiger partial charge in [-0.3, -0.25) is 4.79 Å². The number of hydrogen-bond acceptors (Lipinski definition) is 7. The summed E-state index contributed by atoms with van der Waals surface area (Å²) in [5.74, 6) is 1.08. The van der Waals surface area contributed by atoms with Gasteiger partial charge >= 0.3 is 0 Å². The van der Waals surface area contributed by atoms with Gasteiger partial charge in [0.1, 0.15) is 0 Å². The molecule has 2 aliphatic heterocycles. The maximum absolute atomic E-state index is 12.0. The fourth-order valence-electron chi connectivity index (χ4n) is 2.81. The molecule has 1 aromatic carbocycles. The van der Waals surface area contributed by atoms with Crippen LogP contribution in [0.15, 0.2) is 18.2 Å². The van der Waals surface area contributed by atoms with Gasteiger partial charge in [-0.1, -0.05) is 6.07 Å². The minimum Gasteiger partial charge on any atom is -0.454 e. The molecule has 0 saturated carbocycles. The Labute approximate surface area is 133 Å². The zero-order valence-electron chi connectivity index (χ0n) is 12.4. The van der Waals surface area contributed by atoms with E-state index in [2.05, 4.69) is 10.6 Å². The van der Waals surface area contributed by atoms with Crippen LogP contribution in [-0.2, 0) is 11.2 Å². The summed E-state index contributed by atoms with van der Waals surface area (Å²) >= 11 is 0. The number of hydrogen-bond donors (Lipinski definition) is 5. The first kappa shape index (κ1) is 16.0. The normalized spacial score (nSPS) is 28.8. The van der Waals surface area contributed by atoms with Crippen LogP contribution in [0.3, 0.4) is 0 Å². The van der Waals surface area contributed by atoms with Gasteiger partial charge in [0.2, 0.25) is 12.7 Å². The number of carbonyl (C=O) groups is 1. The third kappa shape index (κ3) is 3.40. The molecular weight excluding hydrogens is 304 g/mol. The molecule has 0 aromatic heterocycles. The highest BCUT2D eigenvalue weighted by atomic mass is 16.7. The molecule has 5 N–H and O–H groups in total. The van der Waals surface area contributed by atoms with E-state index in [9.17, 15) is 15.0 Å². The third-order valence-electron chi connectivity index (χ3n) is 4.12. The smallest absolute Gasteiger partial charge is 0.231 e. The lowest BCUT2D eigenvalue weighted by Crippen LogP contribution is -2.44. The summed E-state index contributed by atoms with van der Waals surface area (Å²) < 4.78 is 10.5. The lowest BCUT2D eigenvalue weighted by atomic mass is 10.1. The average molecular weight is 324 g/mol. The summed E-state index contributed by atoms with van der Waals surface area (Å²) in [5.41, 5.74) is 0.792. The van der Waals surface area contributed by atoms with Gasteiger partial charge in [0.15, 0.2) is 11.5 Å². The molecule has 2 aliphatic rings. The van der Waals surface area contributed by atoms with E-state index in [4.69, 9.17) is 14.6 Å². The van der Waals surface area contributed by atoms with E-state index >= 15 is 0 Å². The van der Waals surface area contributed by atoms with E-state index in [-0.39, 0.29) is 32.3 Å². The van der Waals surface area contributed by atoms with Crippen LogP contribution in [0.4, 0.5) is 0 Å². The van der Waals surface area contributed by atoms with Crippen LogP contribution < -0.4 is 20.1 Å². The van der Waals surface area contributed by atoms with Gasteiger partial charge in [-0.2, -0.15) is 0 Å². The number of aliphatic hydroxyl groups excluding tert-OH is 3. The van der Waals surface area contributed by atoms with Crippen LogP contribution in [0.25, 0.3) is 0 Å². The highest BCUT2D eigenvalue weighted by Gasteiger charge is 2.40. The van der Waals surface area contributed by atoms with Crippen molar-refractivity contribution < 1.29 is 29.6 Å². The standard InChI is InChI=1S/C15H20N2O6/c18-6-10-15(21)14(20)9(17-10)5-16-13(19)4-8-1-2-11-12(3-8)23-7-22-11/h1-3,9-10,14-15,17-18,20-21H,4-7H2,(H,16,19)/t9-,10+,14+,15-/m0/s1. The van der Waals surface area contributed by atoms with E-state index < -0.39 is 24.3 Å². The molecule has 126 valence electrons. The van der Waals surface area contributed by atoms with Crippen LogP contribution in [0.1, 0.15) is 5.56 Å². The summed E-state index contributed by atoms with van der Waals surface area (Å²) in [6.45, 7) is 0.0720. The maximum atomic E-state index is 12.0. The Morgan fingerprint density at radius 3 is 2.70 bits per heavy atom. The number of carbonyl (C=O) groups excluding carboxylic acids is 1. The Morgan fingerprint density at radius 2 is 1.96 bits per heavy atom. The molecular formula is C15H20N2O6. The predicted octanol–water partition coefficient (Wildman–Crippen LogP) is -1.87. The molecule has 1 fully saturated rings. The van der Waals surface area contributed by atoms with E-state index in [0.717, 1.165) is 5.56 Å². The van der Waals surface area contributed by atoms with Crippen molar-refractivity contribution in [3.8, 4) is 11.5 Å². The topological polar surface area (TPSA) is 120 Å². The molecule has 0 bridgehead atoms. The van der Waals surface area contributed by atoms with Crippen molar-refractivity contribution in [3.05, 3.63) is 23.8 Å². The van der Waals surface area contributed by atoms with Crippen molar-refractivity contribution in [2.24, 2.45) is 0 Å². The quantitative estimate of drug-likeness (QED) is 0.430. The van der Waals surface area contributed by atoms with E-state index in [1.807, 2.05) is 0 Å². The Bertz CT molecular complexity index is 581. The largest absolute Gasteiger partial charge is 0.454 e. The summed E-state index contributed by atoms with van der Waals surface area (Å²) in [4.78, 5) is 12.0. The minimum absolute atomic E-state index is 0.165. The molecule has 3 rings (SSSR count). The highest BCUT2D eigenvalue weighted by Crippen LogP contribution is 2.32. The van der Waals surface area contributed by atoms with Crippen LogP contribution >= 0.6 is 0 Å². The van der Waals surface area contributed by atoms with Gasteiger partial charge in [-0.25, -0.2) is 0 Å². The van der Waals surface area contributed by atoms with Gasteiger partial charge in [-0.15, -0.1) is 0 Å². The first-order valence-electron chi connectivity index (χ1n) is 7.46. The number of benzene rings is 1. The second-order valence-corrected chi connectivity index (χ2v) is 5.71. The van der Waals surface area contributed by atoms with Crippen LogP contribution in [0.2, 0.25) is 0 Å². The molecule has 23 heavy (non-hydrogen) atoms. The number of rotatable bonds is 5. The maximum Gasteiger partial charge on any atom is 0.231 e. The lowest BCUT2D eigenvalue weighted by molar-refractivity contribution is -0.120. The summed E-state index contributed by atoms with van der Waals surface area (Å²) in [6.07, 6.45) is -1.90. The van der Waals surface area contributed by atoms with Gasteiger partial charge < -0.3 is 35.4 Å². The Hall–Kier alpha value is -1.87. The van der Waals surface area contributed by atoms with E-state index in [0.29, 0.717) is 11.5 Å². The van der Waals surface area contributed by atoms with E-state index in [1.165, 1.54) is 0 Å². The molecule has 1 aromatic rings. The fourth-order valence-corrected chi connectivity index (χ4v) is 2.81. The van der Waals surface area contributed by atoms with Crippen LogP contribution in [0.5, 0.6) is 11.5 Å². The molecule has 1 saturated heterocycles. The molecule has 4 atom stereocenters. The summed E-state index contributed by atoms with van der Waals surface area (Å²) in [6, 6.07) is 4.23. The Balaban J connectivity index is 1.50. The monoisotopic (exact) mass is 324 g/mol. The third-order valence-corrected chi connectivity index (χ3v) is 4.12. The number of nitrogens with one attached hydrogen (secondary N) is 2. The molecule has 2 heterocycles. The second kappa shape index (κ2) is 6.71. The van der Waals surface area contributed by atoms with Crippen molar-refractivity contribution in [3.63, 3.8) is 0 Å². The molecule has 0 aliphatic carbocycles. The molecule has 8 nitrogen and oxygen atoms in total. The average Bonchev–Trinajstić information content (AvgIpc) is 3.11. The fraction of sp³-hybridized carbons (Fsp3) is 0.533. The molecule has 0 unspecified atom stereocenters. The first-order chi connectivity index (χ1) is 11.1. The van der Waals surface area contributed by atoms with Crippen LogP contribution in [-0.4, -0.2) is 65.5 Å². The van der Waals surface area contributed by atoms with E-state index in [1.54, 1.807) is 18.2 Å². The minimum atomic E-state index is -1.05. The van der Waals surface area contributed by atoms with Crippen molar-refractivity contribution in [2.75, 3.05) is 19.9 Å². The zero-order chi connectivity index (χ0) is 16.4.